The van der Waals surface area contributed by atoms with Crippen LogP contribution < -0.4 is 0 Å². The fourth-order valence-electron chi connectivity index (χ4n) is 3.47. The van der Waals surface area contributed by atoms with E-state index in [1.807, 2.05) is 6.92 Å². The van der Waals surface area contributed by atoms with Crippen LogP contribution in [0.25, 0.3) is 0 Å². The minimum atomic E-state index is -1.03. The molecule has 1 heterocycles. The van der Waals surface area contributed by atoms with E-state index in [9.17, 15) is 18.7 Å². The molecule has 5 heteroatoms. The molecular formula is C20H21F2NO2. The highest BCUT2D eigenvalue weighted by Gasteiger charge is 2.33. The maximum atomic E-state index is 13.3. The number of halogens is 2. The molecule has 1 N–H and O–H groups in total. The first-order valence-corrected chi connectivity index (χ1v) is 8.42. The summed E-state index contributed by atoms with van der Waals surface area (Å²) in [5.41, 5.74) is 1.41. The molecule has 3 atom stereocenters. The molecule has 0 saturated carbocycles. The van der Waals surface area contributed by atoms with Crippen molar-refractivity contribution in [1.29, 1.82) is 0 Å². The summed E-state index contributed by atoms with van der Waals surface area (Å²) in [7, 11) is 0. The van der Waals surface area contributed by atoms with Crippen LogP contribution in [0, 0.1) is 11.6 Å². The molecule has 1 aliphatic heterocycles. The summed E-state index contributed by atoms with van der Waals surface area (Å²) >= 11 is 0. The lowest BCUT2D eigenvalue weighted by Crippen LogP contribution is -2.34. The van der Waals surface area contributed by atoms with Crippen molar-refractivity contribution in [3.05, 3.63) is 71.3 Å². The number of aliphatic hydroxyl groups is 1. The summed E-state index contributed by atoms with van der Waals surface area (Å²) in [6.45, 7) is 2.51. The molecule has 3 unspecified atom stereocenters. The van der Waals surface area contributed by atoms with Gasteiger partial charge in [0.05, 0.1) is 12.5 Å². The fourth-order valence-corrected chi connectivity index (χ4v) is 3.47. The van der Waals surface area contributed by atoms with Gasteiger partial charge in [0.15, 0.2) is 0 Å². The summed E-state index contributed by atoms with van der Waals surface area (Å²) in [6.07, 6.45) is -0.308. The highest BCUT2D eigenvalue weighted by Crippen LogP contribution is 2.33. The van der Waals surface area contributed by atoms with Gasteiger partial charge < -0.3 is 10.0 Å². The van der Waals surface area contributed by atoms with E-state index in [0.29, 0.717) is 12.1 Å². The number of aliphatic hydroxyl groups excluding tert-OH is 1. The lowest BCUT2D eigenvalue weighted by molar-refractivity contribution is -0.133. The first-order valence-electron chi connectivity index (χ1n) is 8.42. The average Bonchev–Trinajstić information content (AvgIpc) is 2.97. The fraction of sp³-hybridized carbons (Fsp3) is 0.350. The molecule has 0 aliphatic carbocycles. The van der Waals surface area contributed by atoms with Gasteiger partial charge in [0.1, 0.15) is 11.6 Å². The monoisotopic (exact) mass is 345 g/mol. The van der Waals surface area contributed by atoms with E-state index in [1.54, 1.807) is 23.1 Å². The van der Waals surface area contributed by atoms with Gasteiger partial charge in [0, 0.05) is 18.5 Å². The second-order valence-electron chi connectivity index (χ2n) is 6.65. The zero-order valence-electron chi connectivity index (χ0n) is 14.0. The van der Waals surface area contributed by atoms with E-state index in [0.717, 1.165) is 12.0 Å². The normalized spacial score (nSPS) is 21.4. The van der Waals surface area contributed by atoms with Gasteiger partial charge in [0.25, 0.3) is 0 Å². The zero-order chi connectivity index (χ0) is 18.0. The van der Waals surface area contributed by atoms with Crippen molar-refractivity contribution in [3.63, 3.8) is 0 Å². The Balaban J connectivity index is 1.65. The molecule has 0 spiro atoms. The van der Waals surface area contributed by atoms with Gasteiger partial charge in [-0.25, -0.2) is 8.78 Å². The van der Waals surface area contributed by atoms with Crippen LogP contribution in [0.3, 0.4) is 0 Å². The Morgan fingerprint density at radius 1 is 1.20 bits per heavy atom. The zero-order valence-corrected chi connectivity index (χ0v) is 14.0. The van der Waals surface area contributed by atoms with Crippen LogP contribution in [0.4, 0.5) is 8.78 Å². The Morgan fingerprint density at radius 2 is 1.92 bits per heavy atom. The second-order valence-corrected chi connectivity index (χ2v) is 6.65. The number of likely N-dealkylation sites (tertiary alicyclic amines) is 1. The van der Waals surface area contributed by atoms with Gasteiger partial charge in [-0.15, -0.1) is 0 Å². The third-order valence-corrected chi connectivity index (χ3v) is 4.84. The number of carbonyl (C=O) groups excluding carboxylic acids is 1. The van der Waals surface area contributed by atoms with Gasteiger partial charge in [-0.05, 0) is 48.7 Å². The number of hydrogen-bond donors (Lipinski definition) is 1. The molecular weight excluding hydrogens is 324 g/mol. The Morgan fingerprint density at radius 3 is 2.60 bits per heavy atom. The van der Waals surface area contributed by atoms with Crippen LogP contribution in [0.2, 0.25) is 0 Å². The maximum absolute atomic E-state index is 13.3. The molecule has 1 saturated heterocycles. The summed E-state index contributed by atoms with van der Waals surface area (Å²) in [4.78, 5) is 14.3. The Hall–Kier alpha value is -2.27. The first kappa shape index (κ1) is 17.5. The quantitative estimate of drug-likeness (QED) is 0.916. The average molecular weight is 345 g/mol. The molecule has 3 nitrogen and oxygen atoms in total. The van der Waals surface area contributed by atoms with Gasteiger partial charge in [0.2, 0.25) is 5.91 Å². The molecule has 1 aliphatic rings. The SMILES string of the molecule is CC1CC(c2ccc(F)cc2)CN1C(=O)CC(O)c1cccc(F)c1. The van der Waals surface area contributed by atoms with E-state index in [4.69, 9.17) is 0 Å². The van der Waals surface area contributed by atoms with Gasteiger partial charge in [-0.3, -0.25) is 4.79 Å². The number of benzene rings is 2. The summed E-state index contributed by atoms with van der Waals surface area (Å²) in [6, 6.07) is 12.1. The van der Waals surface area contributed by atoms with Crippen molar-refractivity contribution in [2.45, 2.75) is 37.8 Å². The van der Waals surface area contributed by atoms with Gasteiger partial charge >= 0.3 is 0 Å². The van der Waals surface area contributed by atoms with Gasteiger partial charge in [-0.1, -0.05) is 24.3 Å². The van der Waals surface area contributed by atoms with Crippen LogP contribution in [-0.2, 0) is 4.79 Å². The molecule has 25 heavy (non-hydrogen) atoms. The van der Waals surface area contributed by atoms with Crippen molar-refractivity contribution in [2.24, 2.45) is 0 Å². The van der Waals surface area contributed by atoms with Crippen molar-refractivity contribution in [3.8, 4) is 0 Å². The lowest BCUT2D eigenvalue weighted by Gasteiger charge is -2.23. The predicted molar refractivity (Wildman–Crippen MR) is 90.9 cm³/mol. The number of carbonyl (C=O) groups is 1. The standard InChI is InChI=1S/C20H21F2NO2/c1-13-9-16(14-5-7-17(21)8-6-14)12-23(13)20(25)11-19(24)15-3-2-4-18(22)10-15/h2-8,10,13,16,19,24H,9,11-12H2,1H3. The molecule has 1 fully saturated rings. The number of amides is 1. The number of hydrogen-bond acceptors (Lipinski definition) is 2. The minimum Gasteiger partial charge on any atom is -0.388 e. The largest absolute Gasteiger partial charge is 0.388 e. The van der Waals surface area contributed by atoms with Crippen LogP contribution in [0.5, 0.6) is 0 Å². The van der Waals surface area contributed by atoms with Crippen molar-refractivity contribution in [2.75, 3.05) is 6.54 Å². The van der Waals surface area contributed by atoms with E-state index in [2.05, 4.69) is 0 Å². The highest BCUT2D eigenvalue weighted by molar-refractivity contribution is 5.77. The molecule has 2 aromatic carbocycles. The third-order valence-electron chi connectivity index (χ3n) is 4.84. The molecule has 1 amide bonds. The lowest BCUT2D eigenvalue weighted by atomic mass is 9.97. The summed E-state index contributed by atoms with van der Waals surface area (Å²) in [5.74, 6) is -0.712. The number of rotatable bonds is 4. The van der Waals surface area contributed by atoms with Gasteiger partial charge in [-0.2, -0.15) is 0 Å². The van der Waals surface area contributed by atoms with E-state index < -0.39 is 11.9 Å². The highest BCUT2D eigenvalue weighted by atomic mass is 19.1. The van der Waals surface area contributed by atoms with Crippen LogP contribution in [0.1, 0.15) is 42.9 Å². The molecule has 132 valence electrons. The van der Waals surface area contributed by atoms with Crippen molar-refractivity contribution < 1.29 is 18.7 Å². The molecule has 0 bridgehead atoms. The van der Waals surface area contributed by atoms with Crippen LogP contribution in [0.15, 0.2) is 48.5 Å². The molecule has 0 radical (unpaired) electrons. The Bertz CT molecular complexity index is 748. The van der Waals surface area contributed by atoms with E-state index >= 15 is 0 Å². The van der Waals surface area contributed by atoms with Crippen LogP contribution >= 0.6 is 0 Å². The molecule has 3 rings (SSSR count). The Kier molecular flexibility index (Phi) is 5.13. The smallest absolute Gasteiger partial charge is 0.225 e. The second kappa shape index (κ2) is 7.31. The molecule has 2 aromatic rings. The number of nitrogens with zero attached hydrogens (tertiary/aromatic N) is 1. The minimum absolute atomic E-state index is 0.0438. The first-order chi connectivity index (χ1) is 11.9. The summed E-state index contributed by atoms with van der Waals surface area (Å²) in [5, 5.41) is 10.2. The van der Waals surface area contributed by atoms with E-state index in [1.165, 1.54) is 30.3 Å². The van der Waals surface area contributed by atoms with Crippen molar-refractivity contribution in [1.82, 2.24) is 4.90 Å². The Labute approximate surface area is 145 Å². The topological polar surface area (TPSA) is 40.5 Å². The van der Waals surface area contributed by atoms with Crippen LogP contribution in [-0.4, -0.2) is 28.5 Å². The molecule has 0 aromatic heterocycles. The predicted octanol–water partition coefficient (Wildman–Crippen LogP) is 3.79. The van der Waals surface area contributed by atoms with E-state index in [-0.39, 0.29) is 30.1 Å². The summed E-state index contributed by atoms with van der Waals surface area (Å²) < 4.78 is 26.3. The third kappa shape index (κ3) is 4.04. The maximum Gasteiger partial charge on any atom is 0.225 e. The van der Waals surface area contributed by atoms with Crippen molar-refractivity contribution >= 4 is 5.91 Å².